The fourth-order valence-electron chi connectivity index (χ4n) is 4.72. The number of hydrogen-bond acceptors (Lipinski definition) is 8. The molecule has 12 heteroatoms. The molecular formula is C24H30F3N7O2. The lowest BCUT2D eigenvalue weighted by atomic mass is 9.96. The third kappa shape index (κ3) is 4.99. The quantitative estimate of drug-likeness (QED) is 0.543. The number of nitrogens with zero attached hydrogens (tertiary/aromatic N) is 6. The van der Waals surface area contributed by atoms with Gasteiger partial charge in [-0.2, -0.15) is 4.52 Å². The summed E-state index contributed by atoms with van der Waals surface area (Å²) >= 11 is 0. The van der Waals surface area contributed by atoms with Crippen molar-refractivity contribution in [2.24, 2.45) is 5.92 Å². The van der Waals surface area contributed by atoms with Crippen LogP contribution >= 0.6 is 0 Å². The molecule has 0 aliphatic carbocycles. The molecule has 2 aliphatic rings. The van der Waals surface area contributed by atoms with Gasteiger partial charge in [0.1, 0.15) is 18.0 Å². The lowest BCUT2D eigenvalue weighted by molar-refractivity contribution is -0.274. The van der Waals surface area contributed by atoms with Crippen LogP contribution in [0.2, 0.25) is 0 Å². The second-order valence-electron chi connectivity index (χ2n) is 9.60. The first-order valence-electron chi connectivity index (χ1n) is 12.2. The van der Waals surface area contributed by atoms with Crippen LogP contribution in [0.5, 0.6) is 11.5 Å². The highest BCUT2D eigenvalue weighted by Crippen LogP contribution is 2.42. The fourth-order valence-corrected chi connectivity index (χ4v) is 4.72. The Morgan fingerprint density at radius 3 is 2.67 bits per heavy atom. The maximum Gasteiger partial charge on any atom is 0.573 e. The molecule has 3 aromatic rings. The number of piperidine rings is 1. The first-order chi connectivity index (χ1) is 17.2. The molecule has 2 aliphatic heterocycles. The van der Waals surface area contributed by atoms with Gasteiger partial charge in [-0.3, -0.25) is 0 Å². The van der Waals surface area contributed by atoms with Crippen molar-refractivity contribution in [1.82, 2.24) is 25.1 Å². The average molecular weight is 506 g/mol. The molecule has 0 unspecified atom stereocenters. The summed E-state index contributed by atoms with van der Waals surface area (Å²) < 4.78 is 50.0. The molecular weight excluding hydrogens is 475 g/mol. The van der Waals surface area contributed by atoms with Crippen molar-refractivity contribution >= 4 is 17.2 Å². The molecule has 5 rings (SSSR count). The number of nitrogens with one attached hydrogen (secondary N) is 1. The summed E-state index contributed by atoms with van der Waals surface area (Å²) in [6, 6.07) is 6.12. The molecule has 1 fully saturated rings. The molecule has 0 spiro atoms. The summed E-state index contributed by atoms with van der Waals surface area (Å²) in [7, 11) is 2.00. The number of likely N-dealkylation sites (N-methyl/N-ethyl adjacent to an activating group) is 1. The Morgan fingerprint density at radius 2 is 1.94 bits per heavy atom. The number of aromatic nitrogens is 4. The van der Waals surface area contributed by atoms with Crippen LogP contribution in [0, 0.1) is 5.92 Å². The zero-order valence-electron chi connectivity index (χ0n) is 20.5. The highest BCUT2D eigenvalue weighted by molar-refractivity contribution is 5.82. The van der Waals surface area contributed by atoms with Crippen molar-refractivity contribution in [2.45, 2.75) is 39.1 Å². The van der Waals surface area contributed by atoms with E-state index in [1.54, 1.807) is 10.6 Å². The van der Waals surface area contributed by atoms with Crippen molar-refractivity contribution in [1.29, 1.82) is 0 Å². The lowest BCUT2D eigenvalue weighted by Crippen LogP contribution is -2.40. The molecule has 0 bridgehead atoms. The normalized spacial score (nSPS) is 17.0. The van der Waals surface area contributed by atoms with E-state index in [0.717, 1.165) is 44.0 Å². The molecule has 0 atom stereocenters. The topological polar surface area (TPSA) is 80.0 Å². The number of fused-ring (bicyclic) bond motifs is 3. The van der Waals surface area contributed by atoms with Crippen LogP contribution in [0.4, 0.5) is 24.7 Å². The molecule has 1 saturated heterocycles. The van der Waals surface area contributed by atoms with Gasteiger partial charge in [0.05, 0.1) is 6.54 Å². The van der Waals surface area contributed by atoms with Crippen LogP contribution in [-0.4, -0.2) is 72.0 Å². The fraction of sp³-hybridized carbons (Fsp3) is 0.542. The monoisotopic (exact) mass is 505 g/mol. The molecule has 0 amide bonds. The summed E-state index contributed by atoms with van der Waals surface area (Å²) in [6.07, 6.45) is -2.72. The molecule has 2 aromatic heterocycles. The van der Waals surface area contributed by atoms with Crippen LogP contribution in [-0.2, 0) is 0 Å². The highest BCUT2D eigenvalue weighted by Gasteiger charge is 2.33. The maximum absolute atomic E-state index is 12.8. The Balaban J connectivity index is 1.52. The lowest BCUT2D eigenvalue weighted by Gasteiger charge is -2.37. The Bertz CT molecular complexity index is 1220. The van der Waals surface area contributed by atoms with Gasteiger partial charge in [-0.25, -0.2) is 0 Å². The van der Waals surface area contributed by atoms with Gasteiger partial charge >= 0.3 is 6.36 Å². The Labute approximate surface area is 207 Å². The minimum Gasteiger partial charge on any atom is -0.486 e. The SMILES string of the molecule is CC(C)NCC1CCN(c2nn3c(-c4cccc(OC(F)(F)F)c4)nnc3c3c2N(C)CCO3)CC1. The van der Waals surface area contributed by atoms with Crippen molar-refractivity contribution < 1.29 is 22.6 Å². The minimum absolute atomic E-state index is 0.314. The summed E-state index contributed by atoms with van der Waals surface area (Å²) in [5.74, 6) is 1.93. The van der Waals surface area contributed by atoms with Crippen LogP contribution in [0.25, 0.3) is 17.0 Å². The van der Waals surface area contributed by atoms with Crippen molar-refractivity contribution in [2.75, 3.05) is 49.6 Å². The van der Waals surface area contributed by atoms with Crippen molar-refractivity contribution in [3.63, 3.8) is 0 Å². The number of hydrogen-bond donors (Lipinski definition) is 1. The van der Waals surface area contributed by atoms with E-state index < -0.39 is 6.36 Å². The second kappa shape index (κ2) is 9.64. The van der Waals surface area contributed by atoms with Gasteiger partial charge in [0.25, 0.3) is 0 Å². The standard InChI is InChI=1S/C24H30F3N7O2/c1-15(2)28-14-16-7-9-33(10-8-16)22-19-20(35-12-11-32(19)3)23-30-29-21(34(23)31-22)17-5-4-6-18(13-17)36-24(25,26)27/h4-6,13,15-16,28H,7-12,14H2,1-3H3. The predicted octanol–water partition coefficient (Wildman–Crippen LogP) is 3.73. The Hall–Kier alpha value is -3.28. The minimum atomic E-state index is -4.79. The number of rotatable bonds is 6. The van der Waals surface area contributed by atoms with Crippen molar-refractivity contribution in [3.8, 4) is 22.9 Å². The smallest absolute Gasteiger partial charge is 0.486 e. The molecule has 0 saturated carbocycles. The van der Waals surface area contributed by atoms with Gasteiger partial charge < -0.3 is 24.6 Å². The van der Waals surface area contributed by atoms with Gasteiger partial charge in [0.15, 0.2) is 17.4 Å². The Kier molecular flexibility index (Phi) is 6.54. The van der Waals surface area contributed by atoms with E-state index >= 15 is 0 Å². The van der Waals surface area contributed by atoms with Crippen molar-refractivity contribution in [3.05, 3.63) is 24.3 Å². The largest absolute Gasteiger partial charge is 0.573 e. The van der Waals surface area contributed by atoms with E-state index in [-0.39, 0.29) is 5.75 Å². The van der Waals surface area contributed by atoms with Crippen LogP contribution < -0.4 is 24.6 Å². The molecule has 4 heterocycles. The first kappa shape index (κ1) is 24.4. The van der Waals surface area contributed by atoms with E-state index in [1.165, 1.54) is 18.2 Å². The predicted molar refractivity (Wildman–Crippen MR) is 130 cm³/mol. The van der Waals surface area contributed by atoms with E-state index in [9.17, 15) is 13.2 Å². The zero-order chi connectivity index (χ0) is 25.4. The number of benzene rings is 1. The van der Waals surface area contributed by atoms with E-state index in [2.05, 4.69) is 43.9 Å². The molecule has 194 valence electrons. The maximum atomic E-state index is 12.8. The third-order valence-corrected chi connectivity index (χ3v) is 6.57. The van der Waals surface area contributed by atoms with Gasteiger partial charge in [-0.1, -0.05) is 26.0 Å². The van der Waals surface area contributed by atoms with Gasteiger partial charge in [-0.15, -0.1) is 28.5 Å². The number of anilines is 2. The van der Waals surface area contributed by atoms with Crippen LogP contribution in [0.15, 0.2) is 24.3 Å². The number of halogens is 3. The first-order valence-corrected chi connectivity index (χ1v) is 12.2. The molecule has 9 nitrogen and oxygen atoms in total. The van der Waals surface area contributed by atoms with Gasteiger partial charge in [0.2, 0.25) is 5.65 Å². The number of alkyl halides is 3. The number of ether oxygens (including phenoxy) is 2. The Morgan fingerprint density at radius 1 is 1.17 bits per heavy atom. The third-order valence-electron chi connectivity index (χ3n) is 6.57. The summed E-state index contributed by atoms with van der Waals surface area (Å²) in [6.45, 7) is 8.18. The van der Waals surface area contributed by atoms with E-state index in [1.807, 2.05) is 7.05 Å². The van der Waals surface area contributed by atoms with Gasteiger partial charge in [0, 0.05) is 31.7 Å². The average Bonchev–Trinajstić information content (AvgIpc) is 3.26. The van der Waals surface area contributed by atoms with Crippen LogP contribution in [0.3, 0.4) is 0 Å². The van der Waals surface area contributed by atoms with E-state index in [0.29, 0.717) is 47.9 Å². The van der Waals surface area contributed by atoms with Gasteiger partial charge in [-0.05, 0) is 37.4 Å². The van der Waals surface area contributed by atoms with Crippen LogP contribution in [0.1, 0.15) is 26.7 Å². The summed E-state index contributed by atoms with van der Waals surface area (Å²) in [5.41, 5.74) is 1.69. The zero-order valence-corrected chi connectivity index (χ0v) is 20.5. The highest BCUT2D eigenvalue weighted by atomic mass is 19.4. The summed E-state index contributed by atoms with van der Waals surface area (Å²) in [4.78, 5) is 4.36. The molecule has 0 radical (unpaired) electrons. The summed E-state index contributed by atoms with van der Waals surface area (Å²) in [5, 5.41) is 17.0. The van der Waals surface area contributed by atoms with E-state index in [4.69, 9.17) is 9.84 Å². The molecule has 36 heavy (non-hydrogen) atoms. The second-order valence-corrected chi connectivity index (χ2v) is 9.60. The molecule has 1 aromatic carbocycles. The molecule has 1 N–H and O–H groups in total.